The van der Waals surface area contributed by atoms with Crippen molar-refractivity contribution in [3.63, 3.8) is 0 Å². The van der Waals surface area contributed by atoms with Crippen LogP contribution in [-0.4, -0.2) is 41.6 Å². The summed E-state index contributed by atoms with van der Waals surface area (Å²) in [5, 5.41) is 9.42. The Bertz CT molecular complexity index is 585. The highest BCUT2D eigenvalue weighted by atomic mass is 16.5. The van der Waals surface area contributed by atoms with Crippen molar-refractivity contribution < 1.29 is 14.1 Å². The summed E-state index contributed by atoms with van der Waals surface area (Å²) in [6.07, 6.45) is 9.41. The van der Waals surface area contributed by atoms with Crippen LogP contribution in [0.4, 0.5) is 0 Å². The molecule has 0 aliphatic heterocycles. The van der Waals surface area contributed by atoms with E-state index in [0.29, 0.717) is 30.6 Å². The summed E-state index contributed by atoms with van der Waals surface area (Å²) in [7, 11) is 0. The highest BCUT2D eigenvalue weighted by Gasteiger charge is 2.23. The number of carbonyl (C=O) groups is 2. The molecule has 1 atom stereocenters. The first-order valence-electron chi connectivity index (χ1n) is 9.91. The summed E-state index contributed by atoms with van der Waals surface area (Å²) >= 11 is 0. The largest absolute Gasteiger partial charge is 0.346 e. The van der Waals surface area contributed by atoms with E-state index in [9.17, 15) is 9.59 Å². The molecular weight excluding hydrogens is 348 g/mol. The molecule has 0 spiro atoms. The zero-order chi connectivity index (χ0) is 19.5. The monoisotopic (exact) mass is 380 g/mol. The van der Waals surface area contributed by atoms with E-state index in [1.54, 1.807) is 0 Å². The van der Waals surface area contributed by atoms with Crippen molar-refractivity contribution >= 4 is 11.8 Å². The van der Waals surface area contributed by atoms with Gasteiger partial charge in [-0.2, -0.15) is 4.98 Å². The van der Waals surface area contributed by atoms with Gasteiger partial charge in [-0.05, 0) is 31.7 Å². The van der Waals surface area contributed by atoms with Crippen molar-refractivity contribution in [1.82, 2.24) is 20.8 Å². The molecule has 152 valence electrons. The number of nitrogens with two attached hydrogens (primary N) is 2. The van der Waals surface area contributed by atoms with Crippen LogP contribution in [0.15, 0.2) is 4.52 Å². The predicted octanol–water partition coefficient (Wildman–Crippen LogP) is 0.554. The molecule has 2 rings (SSSR count). The third-order valence-electron chi connectivity index (χ3n) is 4.89. The number of aromatic nitrogens is 2. The maximum atomic E-state index is 12.1. The minimum absolute atomic E-state index is 0.132. The molecular formula is C18H32N6O3. The van der Waals surface area contributed by atoms with Crippen LogP contribution >= 0.6 is 0 Å². The minimum Gasteiger partial charge on any atom is -0.346 e. The SMILES string of the molecule is NCCCCC(NC(=O)CNC(=O)CN)c1nc(CC2CCCCC2)no1. The van der Waals surface area contributed by atoms with Crippen molar-refractivity contribution in [3.05, 3.63) is 11.7 Å². The number of rotatable bonds is 11. The molecule has 9 nitrogen and oxygen atoms in total. The van der Waals surface area contributed by atoms with Gasteiger partial charge in [0.25, 0.3) is 0 Å². The first-order chi connectivity index (χ1) is 13.1. The number of hydrogen-bond donors (Lipinski definition) is 4. The number of nitrogens with one attached hydrogen (secondary N) is 2. The van der Waals surface area contributed by atoms with Crippen molar-refractivity contribution in [2.45, 2.75) is 63.8 Å². The average Bonchev–Trinajstić information content (AvgIpc) is 3.14. The maximum Gasteiger partial charge on any atom is 0.249 e. The fourth-order valence-electron chi connectivity index (χ4n) is 3.39. The molecule has 1 aromatic heterocycles. The van der Waals surface area contributed by atoms with Crippen LogP contribution in [0.25, 0.3) is 0 Å². The van der Waals surface area contributed by atoms with E-state index >= 15 is 0 Å². The molecule has 0 aromatic carbocycles. The van der Waals surface area contributed by atoms with E-state index in [1.165, 1.54) is 32.1 Å². The molecule has 2 amide bonds. The van der Waals surface area contributed by atoms with Crippen LogP contribution < -0.4 is 22.1 Å². The second kappa shape index (κ2) is 11.7. The average molecular weight is 380 g/mol. The Morgan fingerprint density at radius 2 is 1.93 bits per heavy atom. The van der Waals surface area contributed by atoms with Gasteiger partial charge in [-0.1, -0.05) is 37.3 Å². The molecule has 1 aromatic rings. The summed E-state index contributed by atoms with van der Waals surface area (Å²) in [6.45, 7) is 0.303. The van der Waals surface area contributed by atoms with E-state index in [0.717, 1.165) is 19.3 Å². The maximum absolute atomic E-state index is 12.1. The highest BCUT2D eigenvalue weighted by Crippen LogP contribution is 2.26. The second-order valence-electron chi connectivity index (χ2n) is 7.14. The van der Waals surface area contributed by atoms with E-state index in [2.05, 4.69) is 20.8 Å². The van der Waals surface area contributed by atoms with Gasteiger partial charge in [-0.3, -0.25) is 9.59 Å². The van der Waals surface area contributed by atoms with Crippen molar-refractivity contribution in [3.8, 4) is 0 Å². The van der Waals surface area contributed by atoms with Crippen LogP contribution in [0.2, 0.25) is 0 Å². The summed E-state index contributed by atoms with van der Waals surface area (Å²) in [5.74, 6) is 1.03. The quantitative estimate of drug-likeness (QED) is 0.410. The standard InChI is InChI=1S/C18H32N6O3/c19-9-5-4-8-14(22-17(26)12-21-16(25)11-20)18-23-15(24-27-18)10-13-6-2-1-3-7-13/h13-14H,1-12,19-20H2,(H,21,25)(H,22,26). The first kappa shape index (κ1) is 21.3. The Hall–Kier alpha value is -2.00. The normalized spacial score (nSPS) is 16.1. The molecule has 1 heterocycles. The van der Waals surface area contributed by atoms with Crippen molar-refractivity contribution in [2.75, 3.05) is 19.6 Å². The smallest absolute Gasteiger partial charge is 0.249 e. The fraction of sp³-hybridized carbons (Fsp3) is 0.778. The van der Waals surface area contributed by atoms with Gasteiger partial charge in [-0.25, -0.2) is 0 Å². The highest BCUT2D eigenvalue weighted by molar-refractivity contribution is 5.85. The number of carbonyl (C=O) groups excluding carboxylic acids is 2. The van der Waals surface area contributed by atoms with Crippen LogP contribution in [0, 0.1) is 5.92 Å². The Morgan fingerprint density at radius 1 is 1.15 bits per heavy atom. The van der Waals surface area contributed by atoms with Crippen molar-refractivity contribution in [2.24, 2.45) is 17.4 Å². The van der Waals surface area contributed by atoms with Crippen LogP contribution in [0.3, 0.4) is 0 Å². The molecule has 1 unspecified atom stereocenters. The number of amides is 2. The number of nitrogens with zero attached hydrogens (tertiary/aromatic N) is 2. The Morgan fingerprint density at radius 3 is 2.63 bits per heavy atom. The molecule has 0 saturated heterocycles. The molecule has 9 heteroatoms. The molecule has 1 aliphatic carbocycles. The van der Waals surface area contributed by atoms with E-state index in [1.807, 2.05) is 0 Å². The van der Waals surface area contributed by atoms with Gasteiger partial charge in [0, 0.05) is 6.42 Å². The van der Waals surface area contributed by atoms with E-state index in [4.69, 9.17) is 16.0 Å². The lowest BCUT2D eigenvalue weighted by Gasteiger charge is -2.19. The Labute approximate surface area is 160 Å². The summed E-state index contributed by atoms with van der Waals surface area (Å²) in [4.78, 5) is 27.8. The van der Waals surface area contributed by atoms with Gasteiger partial charge in [0.1, 0.15) is 6.04 Å². The van der Waals surface area contributed by atoms with Gasteiger partial charge >= 0.3 is 0 Å². The summed E-state index contributed by atoms with van der Waals surface area (Å²) in [5.41, 5.74) is 10.8. The lowest BCUT2D eigenvalue weighted by molar-refractivity contribution is -0.125. The Kier molecular flexibility index (Phi) is 9.20. The predicted molar refractivity (Wildman–Crippen MR) is 100 cm³/mol. The summed E-state index contributed by atoms with van der Waals surface area (Å²) in [6, 6.07) is -0.383. The second-order valence-corrected chi connectivity index (χ2v) is 7.14. The zero-order valence-electron chi connectivity index (χ0n) is 15.9. The van der Waals surface area contributed by atoms with Gasteiger partial charge in [-0.15, -0.1) is 0 Å². The zero-order valence-corrected chi connectivity index (χ0v) is 15.9. The number of hydrogen-bond acceptors (Lipinski definition) is 7. The molecule has 0 bridgehead atoms. The molecule has 1 fully saturated rings. The third-order valence-corrected chi connectivity index (χ3v) is 4.89. The molecule has 1 saturated carbocycles. The summed E-state index contributed by atoms with van der Waals surface area (Å²) < 4.78 is 5.43. The molecule has 1 aliphatic rings. The van der Waals surface area contributed by atoms with Crippen LogP contribution in [0.1, 0.15) is 69.1 Å². The van der Waals surface area contributed by atoms with Crippen LogP contribution in [-0.2, 0) is 16.0 Å². The lowest BCUT2D eigenvalue weighted by Crippen LogP contribution is -2.40. The van der Waals surface area contributed by atoms with Crippen molar-refractivity contribution in [1.29, 1.82) is 0 Å². The number of unbranched alkanes of at least 4 members (excludes halogenated alkanes) is 1. The lowest BCUT2D eigenvalue weighted by atomic mass is 9.87. The fourth-order valence-corrected chi connectivity index (χ4v) is 3.39. The molecule has 6 N–H and O–H groups in total. The van der Waals surface area contributed by atoms with E-state index < -0.39 is 0 Å². The van der Waals surface area contributed by atoms with Gasteiger partial charge < -0.3 is 26.6 Å². The van der Waals surface area contributed by atoms with Gasteiger partial charge in [0.2, 0.25) is 17.7 Å². The molecule has 27 heavy (non-hydrogen) atoms. The van der Waals surface area contributed by atoms with Gasteiger partial charge in [0.05, 0.1) is 13.1 Å². The minimum atomic E-state index is -0.383. The van der Waals surface area contributed by atoms with Gasteiger partial charge in [0.15, 0.2) is 5.82 Å². The topological polar surface area (TPSA) is 149 Å². The van der Waals surface area contributed by atoms with Crippen LogP contribution in [0.5, 0.6) is 0 Å². The molecule has 0 radical (unpaired) electrons. The van der Waals surface area contributed by atoms with E-state index in [-0.39, 0.29) is 30.9 Å². The first-order valence-corrected chi connectivity index (χ1v) is 9.91. The third kappa shape index (κ3) is 7.64. The Balaban J connectivity index is 1.93.